The van der Waals surface area contributed by atoms with Crippen molar-refractivity contribution in [3.8, 4) is 0 Å². The third-order valence-corrected chi connectivity index (χ3v) is 1.50. The minimum Gasteiger partial charge on any atom is -0.271 e. The van der Waals surface area contributed by atoms with Crippen molar-refractivity contribution in [3.05, 3.63) is 42.5 Å². The van der Waals surface area contributed by atoms with E-state index in [4.69, 9.17) is 5.84 Å². The van der Waals surface area contributed by atoms with E-state index in [2.05, 4.69) is 17.0 Å². The Bertz CT molecular complexity index is 275. The largest absolute Gasteiger partial charge is 0.271 e. The number of rotatable bonds is 3. The molecular formula is C8H10FN3. The first kappa shape index (κ1) is 8.83. The second-order valence-electron chi connectivity index (χ2n) is 2.32. The van der Waals surface area contributed by atoms with Crippen molar-refractivity contribution in [2.24, 2.45) is 5.84 Å². The van der Waals surface area contributed by atoms with Crippen LogP contribution in [-0.2, 0) is 0 Å². The molecule has 3 N–H and O–H groups in total. The van der Waals surface area contributed by atoms with Crippen molar-refractivity contribution >= 4 is 0 Å². The van der Waals surface area contributed by atoms with Crippen LogP contribution in [-0.4, -0.2) is 4.98 Å². The lowest BCUT2D eigenvalue weighted by Crippen LogP contribution is -2.26. The molecule has 12 heavy (non-hydrogen) atoms. The number of aromatic nitrogens is 1. The van der Waals surface area contributed by atoms with Crippen LogP contribution < -0.4 is 11.3 Å². The van der Waals surface area contributed by atoms with Gasteiger partial charge < -0.3 is 0 Å². The van der Waals surface area contributed by atoms with Gasteiger partial charge >= 0.3 is 0 Å². The minimum absolute atomic E-state index is 0.256. The second kappa shape index (κ2) is 3.94. The molecule has 64 valence electrons. The molecule has 0 saturated carbocycles. The molecular weight excluding hydrogens is 157 g/mol. The number of hydrogen-bond donors (Lipinski definition) is 2. The van der Waals surface area contributed by atoms with Crippen molar-refractivity contribution in [3.63, 3.8) is 0 Å². The molecule has 1 unspecified atom stereocenters. The molecule has 0 aromatic carbocycles. The normalized spacial score (nSPS) is 12.5. The molecule has 0 amide bonds. The molecule has 0 aliphatic carbocycles. The summed E-state index contributed by atoms with van der Waals surface area (Å²) in [6.45, 7) is 3.55. The molecule has 0 radical (unpaired) electrons. The van der Waals surface area contributed by atoms with Crippen LogP contribution >= 0.6 is 0 Å². The fourth-order valence-corrected chi connectivity index (χ4v) is 0.899. The molecule has 1 atom stereocenters. The van der Waals surface area contributed by atoms with Crippen molar-refractivity contribution in [1.82, 2.24) is 10.4 Å². The average Bonchev–Trinajstić information content (AvgIpc) is 2.07. The number of hydrazine groups is 1. The molecule has 0 aliphatic rings. The standard InChI is InChI=1S/C8H10FN3/c1-2-8(12-10)6-3-7(9)5-11-4-6/h2-5,8,12H,1,10H2. The van der Waals surface area contributed by atoms with Gasteiger partial charge in [-0.25, -0.2) is 9.82 Å². The second-order valence-corrected chi connectivity index (χ2v) is 2.32. The first-order chi connectivity index (χ1) is 5.77. The molecule has 1 aromatic rings. The summed E-state index contributed by atoms with van der Waals surface area (Å²) in [5.41, 5.74) is 3.13. The lowest BCUT2D eigenvalue weighted by molar-refractivity contribution is 0.604. The topological polar surface area (TPSA) is 50.9 Å². The molecule has 1 rings (SSSR count). The predicted molar refractivity (Wildman–Crippen MR) is 44.5 cm³/mol. The minimum atomic E-state index is -0.380. The molecule has 0 bridgehead atoms. The summed E-state index contributed by atoms with van der Waals surface area (Å²) in [6.07, 6.45) is 4.26. The van der Waals surface area contributed by atoms with Crippen LogP contribution in [0.15, 0.2) is 31.1 Å². The van der Waals surface area contributed by atoms with Gasteiger partial charge in [0.05, 0.1) is 12.2 Å². The summed E-state index contributed by atoms with van der Waals surface area (Å²) in [7, 11) is 0. The Morgan fingerprint density at radius 2 is 2.42 bits per heavy atom. The van der Waals surface area contributed by atoms with Gasteiger partial charge in [0.25, 0.3) is 0 Å². The van der Waals surface area contributed by atoms with Gasteiger partial charge in [0, 0.05) is 6.20 Å². The molecule has 0 fully saturated rings. The quantitative estimate of drug-likeness (QED) is 0.399. The van der Waals surface area contributed by atoms with E-state index in [0.717, 1.165) is 6.20 Å². The van der Waals surface area contributed by atoms with Crippen molar-refractivity contribution in [2.75, 3.05) is 0 Å². The lowest BCUT2D eigenvalue weighted by atomic mass is 10.1. The highest BCUT2D eigenvalue weighted by Crippen LogP contribution is 2.11. The Kier molecular flexibility index (Phi) is 2.90. The first-order valence-corrected chi connectivity index (χ1v) is 3.47. The summed E-state index contributed by atoms with van der Waals surface area (Å²) < 4.78 is 12.6. The fourth-order valence-electron chi connectivity index (χ4n) is 0.899. The van der Waals surface area contributed by atoms with E-state index in [1.54, 1.807) is 6.08 Å². The van der Waals surface area contributed by atoms with Crippen LogP contribution in [0.2, 0.25) is 0 Å². The van der Waals surface area contributed by atoms with Gasteiger partial charge in [-0.1, -0.05) is 6.08 Å². The Morgan fingerprint density at radius 1 is 1.67 bits per heavy atom. The maximum absolute atomic E-state index is 12.6. The van der Waals surface area contributed by atoms with Gasteiger partial charge in [-0.2, -0.15) is 0 Å². The maximum atomic E-state index is 12.6. The smallest absolute Gasteiger partial charge is 0.141 e. The zero-order valence-corrected chi connectivity index (χ0v) is 6.50. The van der Waals surface area contributed by atoms with Gasteiger partial charge in [0.2, 0.25) is 0 Å². The number of nitrogens with two attached hydrogens (primary N) is 1. The fraction of sp³-hybridized carbons (Fsp3) is 0.125. The highest BCUT2D eigenvalue weighted by Gasteiger charge is 2.05. The zero-order chi connectivity index (χ0) is 8.97. The number of nitrogens with one attached hydrogen (secondary N) is 1. The highest BCUT2D eigenvalue weighted by atomic mass is 19.1. The Morgan fingerprint density at radius 3 is 2.92 bits per heavy atom. The van der Waals surface area contributed by atoms with Crippen molar-refractivity contribution < 1.29 is 4.39 Å². The van der Waals surface area contributed by atoms with Gasteiger partial charge in [-0.15, -0.1) is 6.58 Å². The summed E-state index contributed by atoms with van der Waals surface area (Å²) in [4.78, 5) is 3.68. The van der Waals surface area contributed by atoms with Crippen LogP contribution in [0.5, 0.6) is 0 Å². The van der Waals surface area contributed by atoms with Gasteiger partial charge in [-0.05, 0) is 11.6 Å². The van der Waals surface area contributed by atoms with Crippen LogP contribution in [0.1, 0.15) is 11.6 Å². The third kappa shape index (κ3) is 1.87. The maximum Gasteiger partial charge on any atom is 0.141 e. The van der Waals surface area contributed by atoms with Crippen LogP contribution in [0.4, 0.5) is 4.39 Å². The molecule has 1 aromatic heterocycles. The number of halogens is 1. The van der Waals surface area contributed by atoms with Crippen molar-refractivity contribution in [1.29, 1.82) is 0 Å². The van der Waals surface area contributed by atoms with Crippen molar-refractivity contribution in [2.45, 2.75) is 6.04 Å². The Hall–Kier alpha value is -1.26. The first-order valence-electron chi connectivity index (χ1n) is 3.47. The van der Waals surface area contributed by atoms with Gasteiger partial charge in [0.1, 0.15) is 5.82 Å². The summed E-state index contributed by atoms with van der Waals surface area (Å²) in [5, 5.41) is 0. The number of nitrogens with zero attached hydrogens (tertiary/aromatic N) is 1. The molecule has 0 spiro atoms. The lowest BCUT2D eigenvalue weighted by Gasteiger charge is -2.09. The van der Waals surface area contributed by atoms with E-state index in [9.17, 15) is 4.39 Å². The molecule has 0 aliphatic heterocycles. The predicted octanol–water partition coefficient (Wildman–Crippen LogP) is 0.911. The van der Waals surface area contributed by atoms with Crippen LogP contribution in [0.3, 0.4) is 0 Å². The van der Waals surface area contributed by atoms with Gasteiger partial charge in [0.15, 0.2) is 0 Å². The number of hydrogen-bond acceptors (Lipinski definition) is 3. The SMILES string of the molecule is C=CC(NN)c1cncc(F)c1. The van der Waals surface area contributed by atoms with E-state index in [1.165, 1.54) is 12.3 Å². The molecule has 3 nitrogen and oxygen atoms in total. The third-order valence-electron chi connectivity index (χ3n) is 1.50. The summed E-state index contributed by atoms with van der Waals surface area (Å²) in [6, 6.07) is 1.10. The average molecular weight is 167 g/mol. The molecule has 1 heterocycles. The number of pyridine rings is 1. The summed E-state index contributed by atoms with van der Waals surface area (Å²) in [5.74, 6) is 4.81. The Balaban J connectivity index is 2.93. The van der Waals surface area contributed by atoms with Crippen LogP contribution in [0, 0.1) is 5.82 Å². The molecule has 4 heteroatoms. The van der Waals surface area contributed by atoms with Crippen LogP contribution in [0.25, 0.3) is 0 Å². The summed E-state index contributed by atoms with van der Waals surface area (Å²) >= 11 is 0. The van der Waals surface area contributed by atoms with E-state index in [1.807, 2.05) is 0 Å². The van der Waals surface area contributed by atoms with E-state index in [-0.39, 0.29) is 11.9 Å². The highest BCUT2D eigenvalue weighted by molar-refractivity contribution is 5.18. The molecule has 0 saturated heterocycles. The van der Waals surface area contributed by atoms with Gasteiger partial charge in [-0.3, -0.25) is 10.8 Å². The monoisotopic (exact) mass is 167 g/mol. The van der Waals surface area contributed by atoms with E-state index in [0.29, 0.717) is 5.56 Å². The Labute approximate surface area is 70.1 Å². The van der Waals surface area contributed by atoms with E-state index < -0.39 is 0 Å². The van der Waals surface area contributed by atoms with E-state index >= 15 is 0 Å². The zero-order valence-electron chi connectivity index (χ0n) is 6.50.